The van der Waals surface area contributed by atoms with Gasteiger partial charge in [-0.15, -0.1) is 0 Å². The Morgan fingerprint density at radius 1 is 0.963 bits per heavy atom. The molecule has 1 aliphatic rings. The first kappa shape index (κ1) is 17.5. The van der Waals surface area contributed by atoms with Crippen LogP contribution in [-0.2, 0) is 4.79 Å². The molecular weight excluding hydrogens is 336 g/mol. The average Bonchev–Trinajstić information content (AvgIpc) is 3.20. The summed E-state index contributed by atoms with van der Waals surface area (Å²) in [7, 11) is 0. The lowest BCUT2D eigenvalue weighted by molar-refractivity contribution is -0.117. The molecule has 2 aromatic carbocycles. The van der Waals surface area contributed by atoms with Crippen molar-refractivity contribution in [3.63, 3.8) is 0 Å². The maximum absolute atomic E-state index is 12.3. The van der Waals surface area contributed by atoms with Crippen LogP contribution in [0.5, 0.6) is 0 Å². The fourth-order valence-electron chi connectivity index (χ4n) is 3.71. The van der Waals surface area contributed by atoms with E-state index in [4.69, 9.17) is 4.42 Å². The molecule has 0 bridgehead atoms. The molecule has 3 aromatic rings. The van der Waals surface area contributed by atoms with E-state index in [1.54, 1.807) is 6.26 Å². The van der Waals surface area contributed by atoms with Crippen molar-refractivity contribution in [2.24, 2.45) is 5.92 Å². The number of amides is 1. The van der Waals surface area contributed by atoms with Gasteiger partial charge in [-0.2, -0.15) is 0 Å². The number of oxazole rings is 1. The Labute approximate surface area is 159 Å². The third-order valence-electron chi connectivity index (χ3n) is 5.19. The summed E-state index contributed by atoms with van der Waals surface area (Å²) >= 11 is 0. The molecule has 4 rings (SSSR count). The Morgan fingerprint density at radius 3 is 2.44 bits per heavy atom. The number of benzene rings is 2. The van der Waals surface area contributed by atoms with Crippen LogP contribution < -0.4 is 5.32 Å². The summed E-state index contributed by atoms with van der Waals surface area (Å²) in [5.74, 6) is 1.23. The number of nitrogens with zero attached hydrogens (tertiary/aromatic N) is 1. The number of hydrogen-bond donors (Lipinski definition) is 1. The highest BCUT2D eigenvalue weighted by Crippen LogP contribution is 2.28. The second kappa shape index (κ2) is 8.21. The number of anilines is 1. The maximum Gasteiger partial charge on any atom is 0.226 e. The van der Waals surface area contributed by atoms with Crippen molar-refractivity contribution in [2.45, 2.75) is 38.5 Å². The summed E-state index contributed by atoms with van der Waals surface area (Å²) in [6.07, 6.45) is 8.49. The molecule has 4 heteroatoms. The van der Waals surface area contributed by atoms with E-state index in [9.17, 15) is 4.79 Å². The Bertz CT molecular complexity index is 878. The molecule has 0 saturated heterocycles. The molecule has 1 N–H and O–H groups in total. The molecule has 0 aliphatic heterocycles. The van der Waals surface area contributed by atoms with Gasteiger partial charge in [0.05, 0.1) is 0 Å². The van der Waals surface area contributed by atoms with Crippen molar-refractivity contribution in [2.75, 3.05) is 5.32 Å². The van der Waals surface area contributed by atoms with Gasteiger partial charge in [-0.05, 0) is 43.0 Å². The van der Waals surface area contributed by atoms with Crippen LogP contribution in [0.2, 0.25) is 0 Å². The molecule has 0 radical (unpaired) electrons. The summed E-state index contributed by atoms with van der Waals surface area (Å²) in [6, 6.07) is 17.6. The normalized spacial score (nSPS) is 14.8. The van der Waals surface area contributed by atoms with Crippen molar-refractivity contribution >= 4 is 11.6 Å². The largest absolute Gasteiger partial charge is 0.444 e. The van der Waals surface area contributed by atoms with Gasteiger partial charge in [-0.3, -0.25) is 4.79 Å². The third-order valence-corrected chi connectivity index (χ3v) is 5.19. The van der Waals surface area contributed by atoms with E-state index < -0.39 is 0 Å². The van der Waals surface area contributed by atoms with Gasteiger partial charge < -0.3 is 9.73 Å². The van der Waals surface area contributed by atoms with Crippen LogP contribution in [0.25, 0.3) is 22.7 Å². The number of nitrogens with one attached hydrogen (secondary N) is 1. The number of carbonyl (C=O) groups excluding carboxylic acids is 1. The summed E-state index contributed by atoms with van der Waals surface area (Å²) < 4.78 is 5.63. The molecule has 1 aromatic heterocycles. The molecule has 138 valence electrons. The zero-order chi connectivity index (χ0) is 18.5. The molecule has 1 aliphatic carbocycles. The fraction of sp³-hybridized carbons (Fsp3) is 0.304. The van der Waals surface area contributed by atoms with Gasteiger partial charge >= 0.3 is 0 Å². The Morgan fingerprint density at radius 2 is 1.70 bits per heavy atom. The van der Waals surface area contributed by atoms with Crippen molar-refractivity contribution < 1.29 is 9.21 Å². The van der Waals surface area contributed by atoms with Gasteiger partial charge in [0.15, 0.2) is 0 Å². The number of carbonyl (C=O) groups is 1. The number of hydrogen-bond acceptors (Lipinski definition) is 3. The van der Waals surface area contributed by atoms with E-state index in [2.05, 4.69) is 10.3 Å². The highest BCUT2D eigenvalue weighted by molar-refractivity contribution is 5.91. The Balaban J connectivity index is 1.39. The van der Waals surface area contributed by atoms with E-state index in [0.29, 0.717) is 18.2 Å². The van der Waals surface area contributed by atoms with Crippen LogP contribution in [-0.4, -0.2) is 10.9 Å². The summed E-state index contributed by atoms with van der Waals surface area (Å²) in [4.78, 5) is 16.8. The van der Waals surface area contributed by atoms with Crippen molar-refractivity contribution in [1.82, 2.24) is 4.98 Å². The van der Waals surface area contributed by atoms with Crippen LogP contribution in [0, 0.1) is 5.92 Å². The SMILES string of the molecule is O=C(CC1CCCCC1)Nc1ccc(-c2nc(-c3ccccc3)co2)cc1. The van der Waals surface area contributed by atoms with Crippen LogP contribution in [0.3, 0.4) is 0 Å². The van der Waals surface area contributed by atoms with E-state index in [1.165, 1.54) is 32.1 Å². The lowest BCUT2D eigenvalue weighted by atomic mass is 9.87. The van der Waals surface area contributed by atoms with E-state index in [1.807, 2.05) is 54.6 Å². The first-order valence-electron chi connectivity index (χ1n) is 9.69. The topological polar surface area (TPSA) is 55.1 Å². The number of rotatable bonds is 5. The van der Waals surface area contributed by atoms with Gasteiger partial charge in [-0.1, -0.05) is 49.6 Å². The second-order valence-electron chi connectivity index (χ2n) is 7.24. The van der Waals surface area contributed by atoms with Gasteiger partial charge in [0, 0.05) is 23.2 Å². The summed E-state index contributed by atoms with van der Waals surface area (Å²) in [5.41, 5.74) is 3.55. The first-order chi connectivity index (χ1) is 13.3. The lowest BCUT2D eigenvalue weighted by Crippen LogP contribution is -2.18. The fourth-order valence-corrected chi connectivity index (χ4v) is 3.71. The van der Waals surface area contributed by atoms with Gasteiger partial charge in [-0.25, -0.2) is 4.98 Å². The lowest BCUT2D eigenvalue weighted by Gasteiger charge is -2.20. The molecule has 1 heterocycles. The molecule has 0 unspecified atom stereocenters. The molecule has 27 heavy (non-hydrogen) atoms. The molecule has 4 nitrogen and oxygen atoms in total. The maximum atomic E-state index is 12.3. The van der Waals surface area contributed by atoms with Gasteiger partial charge in [0.2, 0.25) is 11.8 Å². The molecular formula is C23H24N2O2. The molecule has 1 fully saturated rings. The highest BCUT2D eigenvalue weighted by Gasteiger charge is 2.17. The van der Waals surface area contributed by atoms with Gasteiger partial charge in [0.1, 0.15) is 12.0 Å². The van der Waals surface area contributed by atoms with Crippen molar-refractivity contribution in [3.8, 4) is 22.7 Å². The van der Waals surface area contributed by atoms with E-state index >= 15 is 0 Å². The minimum atomic E-state index is 0.108. The highest BCUT2D eigenvalue weighted by atomic mass is 16.3. The predicted octanol–water partition coefficient (Wildman–Crippen LogP) is 5.92. The standard InChI is InChI=1S/C23H24N2O2/c26-22(15-17-7-3-1-4-8-17)24-20-13-11-19(12-14-20)23-25-21(16-27-23)18-9-5-2-6-10-18/h2,5-6,9-14,16-17H,1,3-4,7-8,15H2,(H,24,26). The second-order valence-corrected chi connectivity index (χ2v) is 7.24. The Kier molecular flexibility index (Phi) is 5.33. The zero-order valence-electron chi connectivity index (χ0n) is 15.4. The van der Waals surface area contributed by atoms with E-state index in [-0.39, 0.29) is 5.91 Å². The average molecular weight is 360 g/mol. The number of aromatic nitrogens is 1. The van der Waals surface area contributed by atoms with Crippen molar-refractivity contribution in [3.05, 3.63) is 60.9 Å². The van der Waals surface area contributed by atoms with Crippen LogP contribution in [0.4, 0.5) is 5.69 Å². The molecule has 1 saturated carbocycles. The minimum absolute atomic E-state index is 0.108. The molecule has 1 amide bonds. The quantitative estimate of drug-likeness (QED) is 0.614. The summed E-state index contributed by atoms with van der Waals surface area (Å²) in [5, 5.41) is 3.01. The Hall–Kier alpha value is -2.88. The smallest absolute Gasteiger partial charge is 0.226 e. The third kappa shape index (κ3) is 4.45. The first-order valence-corrected chi connectivity index (χ1v) is 9.69. The van der Waals surface area contributed by atoms with Crippen molar-refractivity contribution in [1.29, 1.82) is 0 Å². The predicted molar refractivity (Wildman–Crippen MR) is 107 cm³/mol. The van der Waals surface area contributed by atoms with Crippen LogP contribution in [0.15, 0.2) is 65.3 Å². The van der Waals surface area contributed by atoms with Crippen LogP contribution in [0.1, 0.15) is 38.5 Å². The van der Waals surface area contributed by atoms with Gasteiger partial charge in [0.25, 0.3) is 0 Å². The van der Waals surface area contributed by atoms with Crippen LogP contribution >= 0.6 is 0 Å². The molecule has 0 atom stereocenters. The zero-order valence-corrected chi connectivity index (χ0v) is 15.4. The summed E-state index contributed by atoms with van der Waals surface area (Å²) in [6.45, 7) is 0. The molecule has 0 spiro atoms. The monoisotopic (exact) mass is 360 g/mol. The van der Waals surface area contributed by atoms with E-state index in [0.717, 1.165) is 22.5 Å². The minimum Gasteiger partial charge on any atom is -0.444 e.